The van der Waals surface area contributed by atoms with Crippen LogP contribution in [0.5, 0.6) is 0 Å². The molecule has 0 saturated heterocycles. The van der Waals surface area contributed by atoms with Crippen LogP contribution in [0.1, 0.15) is 34.0 Å². The average Bonchev–Trinajstić information content (AvgIpc) is 2.98. The lowest BCUT2D eigenvalue weighted by atomic mass is 10.0. The zero-order valence-corrected chi connectivity index (χ0v) is 13.4. The Balaban J connectivity index is 2.03. The van der Waals surface area contributed by atoms with Crippen LogP contribution < -0.4 is 5.32 Å². The van der Waals surface area contributed by atoms with Gasteiger partial charge >= 0.3 is 5.97 Å². The Morgan fingerprint density at radius 1 is 1.23 bits per heavy atom. The Labute approximate surface area is 133 Å². The van der Waals surface area contributed by atoms with Gasteiger partial charge in [0, 0.05) is 11.3 Å². The molecule has 0 aliphatic carbocycles. The van der Waals surface area contributed by atoms with Gasteiger partial charge in [-0.1, -0.05) is 24.3 Å². The highest BCUT2D eigenvalue weighted by Gasteiger charge is 2.22. The number of carbonyl (C=O) groups is 2. The molecular weight excluding hydrogens is 298 g/mol. The molecule has 1 amide bonds. The second kappa shape index (κ2) is 7.22. The van der Waals surface area contributed by atoms with Crippen molar-refractivity contribution < 1.29 is 14.7 Å². The zero-order chi connectivity index (χ0) is 16.1. The molecule has 1 aromatic heterocycles. The molecule has 1 unspecified atom stereocenters. The van der Waals surface area contributed by atoms with Crippen molar-refractivity contribution in [3.05, 3.63) is 57.3 Å². The monoisotopic (exact) mass is 317 g/mol. The lowest BCUT2D eigenvalue weighted by molar-refractivity contribution is -0.142. The van der Waals surface area contributed by atoms with Gasteiger partial charge in [-0.25, -0.2) is 4.79 Å². The molecule has 0 radical (unpaired) electrons. The van der Waals surface area contributed by atoms with E-state index in [1.54, 1.807) is 17.4 Å². The first kappa shape index (κ1) is 16.2. The Kier molecular flexibility index (Phi) is 5.33. The van der Waals surface area contributed by atoms with Gasteiger partial charge in [0.05, 0.1) is 0 Å². The second-order valence-corrected chi connectivity index (χ2v) is 6.29. The second-order valence-electron chi connectivity index (χ2n) is 5.26. The van der Waals surface area contributed by atoms with Gasteiger partial charge in [-0.2, -0.15) is 0 Å². The minimum Gasteiger partial charge on any atom is -0.479 e. The summed E-state index contributed by atoms with van der Waals surface area (Å²) in [5, 5.41) is 13.9. The summed E-state index contributed by atoms with van der Waals surface area (Å²) in [5.41, 5.74) is 2.70. The lowest BCUT2D eigenvalue weighted by Crippen LogP contribution is -2.33. The summed E-state index contributed by atoms with van der Waals surface area (Å²) in [5.74, 6) is -1.30. The first-order valence-corrected chi connectivity index (χ1v) is 7.97. The van der Waals surface area contributed by atoms with E-state index in [4.69, 9.17) is 0 Å². The highest BCUT2D eigenvalue weighted by molar-refractivity contribution is 7.09. The topological polar surface area (TPSA) is 66.4 Å². The van der Waals surface area contributed by atoms with Crippen molar-refractivity contribution in [3.63, 3.8) is 0 Å². The predicted molar refractivity (Wildman–Crippen MR) is 87.1 cm³/mol. The number of rotatable bonds is 6. The van der Waals surface area contributed by atoms with E-state index < -0.39 is 12.0 Å². The third kappa shape index (κ3) is 4.18. The van der Waals surface area contributed by atoms with Crippen molar-refractivity contribution in [2.45, 2.75) is 32.7 Å². The van der Waals surface area contributed by atoms with Crippen molar-refractivity contribution in [2.24, 2.45) is 0 Å². The Hall–Kier alpha value is -2.14. The maximum absolute atomic E-state index is 12.0. The third-order valence-corrected chi connectivity index (χ3v) is 4.53. The molecule has 116 valence electrons. The minimum atomic E-state index is -1.05. The van der Waals surface area contributed by atoms with Crippen molar-refractivity contribution >= 4 is 23.2 Å². The zero-order valence-electron chi connectivity index (χ0n) is 12.6. The largest absolute Gasteiger partial charge is 0.479 e. The molecule has 1 aromatic carbocycles. The quantitative estimate of drug-likeness (QED) is 0.859. The molecule has 2 N–H and O–H groups in total. The molecule has 5 heteroatoms. The van der Waals surface area contributed by atoms with Crippen molar-refractivity contribution in [2.75, 3.05) is 0 Å². The highest BCUT2D eigenvalue weighted by Crippen LogP contribution is 2.18. The van der Waals surface area contributed by atoms with Crippen molar-refractivity contribution in [1.29, 1.82) is 0 Å². The van der Waals surface area contributed by atoms with Gasteiger partial charge in [-0.3, -0.25) is 4.79 Å². The number of benzene rings is 1. The molecule has 0 bridgehead atoms. The Morgan fingerprint density at radius 3 is 2.59 bits per heavy atom. The van der Waals surface area contributed by atoms with Gasteiger partial charge < -0.3 is 10.4 Å². The van der Waals surface area contributed by atoms with E-state index in [-0.39, 0.29) is 12.3 Å². The maximum atomic E-state index is 12.0. The summed E-state index contributed by atoms with van der Waals surface area (Å²) in [4.78, 5) is 24.6. The third-order valence-electron chi connectivity index (χ3n) is 3.60. The van der Waals surface area contributed by atoms with Crippen molar-refractivity contribution in [3.8, 4) is 0 Å². The van der Waals surface area contributed by atoms with E-state index in [0.717, 1.165) is 16.0 Å². The Morgan fingerprint density at radius 2 is 2.00 bits per heavy atom. The van der Waals surface area contributed by atoms with Gasteiger partial charge in [0.25, 0.3) is 0 Å². The molecule has 4 nitrogen and oxygen atoms in total. The highest BCUT2D eigenvalue weighted by atomic mass is 32.1. The summed E-state index contributed by atoms with van der Waals surface area (Å²) in [6, 6.07) is 8.34. The number of aliphatic carboxylic acids is 1. The Bertz CT molecular complexity index is 665. The number of hydrogen-bond acceptors (Lipinski definition) is 3. The fraction of sp³-hybridized carbons (Fsp3) is 0.294. The first-order chi connectivity index (χ1) is 10.5. The van der Waals surface area contributed by atoms with Gasteiger partial charge in [-0.05, 0) is 48.4 Å². The molecule has 2 aromatic rings. The van der Waals surface area contributed by atoms with E-state index >= 15 is 0 Å². The van der Waals surface area contributed by atoms with E-state index in [2.05, 4.69) is 5.32 Å². The van der Waals surface area contributed by atoms with Gasteiger partial charge in [0.2, 0.25) is 5.91 Å². The molecule has 1 heterocycles. The predicted octanol–water partition coefficient (Wildman–Crippen LogP) is 3.24. The van der Waals surface area contributed by atoms with Crippen LogP contribution >= 0.6 is 11.3 Å². The summed E-state index contributed by atoms with van der Waals surface area (Å²) in [7, 11) is 0. The van der Waals surface area contributed by atoms with Crippen LogP contribution in [0.3, 0.4) is 0 Å². The number of hydrogen-bond donors (Lipinski definition) is 2. The standard InChI is InChI=1S/C17H19NO3S/c1-11-5-6-13(10-12(11)2)16(17(20)21)18-15(19)8-7-14-4-3-9-22-14/h3-6,9-10,16H,7-8H2,1-2H3,(H,18,19)(H,20,21). The van der Waals surface area contributed by atoms with Gasteiger partial charge in [0.1, 0.15) is 0 Å². The van der Waals surface area contributed by atoms with Crippen LogP contribution in [-0.4, -0.2) is 17.0 Å². The van der Waals surface area contributed by atoms with Crippen LogP contribution in [0.15, 0.2) is 35.7 Å². The molecule has 0 aliphatic rings. The lowest BCUT2D eigenvalue weighted by Gasteiger charge is -2.16. The van der Waals surface area contributed by atoms with Crippen LogP contribution in [0.4, 0.5) is 0 Å². The molecular formula is C17H19NO3S. The fourth-order valence-corrected chi connectivity index (χ4v) is 2.87. The molecule has 2 rings (SSSR count). The molecule has 0 saturated carbocycles. The van der Waals surface area contributed by atoms with Crippen molar-refractivity contribution in [1.82, 2.24) is 5.32 Å². The summed E-state index contributed by atoms with van der Waals surface area (Å²) in [6.07, 6.45) is 0.915. The molecule has 0 aliphatic heterocycles. The van der Waals surface area contributed by atoms with E-state index in [9.17, 15) is 14.7 Å². The molecule has 22 heavy (non-hydrogen) atoms. The smallest absolute Gasteiger partial charge is 0.330 e. The fourth-order valence-electron chi connectivity index (χ4n) is 2.16. The van der Waals surface area contributed by atoms with Crippen LogP contribution in [0, 0.1) is 13.8 Å². The number of thiophene rings is 1. The summed E-state index contributed by atoms with van der Waals surface area (Å²) in [6.45, 7) is 3.89. The number of carboxylic acids is 1. The first-order valence-electron chi connectivity index (χ1n) is 7.09. The maximum Gasteiger partial charge on any atom is 0.330 e. The average molecular weight is 317 g/mol. The number of nitrogens with one attached hydrogen (secondary N) is 1. The van der Waals surface area contributed by atoms with E-state index in [1.165, 1.54) is 0 Å². The number of amides is 1. The van der Waals surface area contributed by atoms with E-state index in [1.807, 2.05) is 43.5 Å². The molecule has 1 atom stereocenters. The minimum absolute atomic E-state index is 0.251. The van der Waals surface area contributed by atoms with Crippen LogP contribution in [0.2, 0.25) is 0 Å². The SMILES string of the molecule is Cc1ccc(C(NC(=O)CCc2cccs2)C(=O)O)cc1C. The number of carbonyl (C=O) groups excluding carboxylic acids is 1. The molecule has 0 fully saturated rings. The van der Waals surface area contributed by atoms with E-state index in [0.29, 0.717) is 12.0 Å². The number of aryl methyl sites for hydroxylation is 3. The molecule has 0 spiro atoms. The summed E-state index contributed by atoms with van der Waals surface area (Å²) < 4.78 is 0. The normalized spacial score (nSPS) is 11.9. The van der Waals surface area contributed by atoms with Gasteiger partial charge in [0.15, 0.2) is 6.04 Å². The number of carboxylic acid groups (broad SMARTS) is 1. The van der Waals surface area contributed by atoms with Gasteiger partial charge in [-0.15, -0.1) is 11.3 Å². The van der Waals surface area contributed by atoms with Crippen LogP contribution in [-0.2, 0) is 16.0 Å². The van der Waals surface area contributed by atoms with Crippen LogP contribution in [0.25, 0.3) is 0 Å². The summed E-state index contributed by atoms with van der Waals surface area (Å²) >= 11 is 1.59.